The lowest BCUT2D eigenvalue weighted by Gasteiger charge is -2.32. The van der Waals surface area contributed by atoms with E-state index in [0.717, 1.165) is 31.6 Å². The summed E-state index contributed by atoms with van der Waals surface area (Å²) in [4.78, 5) is 6.65. The van der Waals surface area contributed by atoms with E-state index >= 15 is 0 Å². The maximum atomic E-state index is 6.24. The van der Waals surface area contributed by atoms with E-state index in [9.17, 15) is 0 Å². The second-order valence-corrected chi connectivity index (χ2v) is 4.70. The molecule has 2 bridgehead atoms. The molecule has 2 N–H and O–H groups in total. The van der Waals surface area contributed by atoms with Gasteiger partial charge in [0, 0.05) is 25.0 Å². The van der Waals surface area contributed by atoms with Gasteiger partial charge in [0.25, 0.3) is 0 Å². The Balaban J connectivity index is 2.12. The molecule has 3 rings (SSSR count). The average molecular weight is 210 g/mol. The first kappa shape index (κ1) is 8.50. The summed E-state index contributed by atoms with van der Waals surface area (Å²) in [6, 6.07) is 3.90. The van der Waals surface area contributed by atoms with Gasteiger partial charge in [-0.15, -0.1) is 0 Å². The van der Waals surface area contributed by atoms with Crippen molar-refractivity contribution in [3.63, 3.8) is 0 Å². The first-order valence-corrected chi connectivity index (χ1v) is 5.23. The van der Waals surface area contributed by atoms with Crippen molar-refractivity contribution >= 4 is 17.3 Å². The predicted octanol–water partition coefficient (Wildman–Crippen LogP) is 1.20. The number of fused-ring (bicyclic) bond motifs is 4. The average Bonchev–Trinajstić information content (AvgIpc) is 2.42. The van der Waals surface area contributed by atoms with Crippen LogP contribution in [0, 0.1) is 0 Å². The van der Waals surface area contributed by atoms with Crippen LogP contribution < -0.4 is 10.6 Å². The minimum absolute atomic E-state index is 0.0648. The molecule has 0 aliphatic carbocycles. The number of nitrogens with zero attached hydrogens (tertiary/aromatic N) is 2. The van der Waals surface area contributed by atoms with Gasteiger partial charge in [-0.1, -0.05) is 11.6 Å². The Hall–Kier alpha value is -0.800. The Morgan fingerprint density at radius 1 is 1.50 bits per heavy atom. The first-order chi connectivity index (χ1) is 6.66. The highest BCUT2D eigenvalue weighted by molar-refractivity contribution is 6.29. The molecule has 1 saturated heterocycles. The fourth-order valence-electron chi connectivity index (χ4n) is 2.46. The van der Waals surface area contributed by atoms with E-state index in [2.05, 4.69) is 16.0 Å². The Morgan fingerprint density at radius 3 is 3.21 bits per heavy atom. The summed E-state index contributed by atoms with van der Waals surface area (Å²) in [5, 5.41) is 0.565. The molecule has 3 nitrogen and oxygen atoms in total. The number of anilines is 1. The summed E-state index contributed by atoms with van der Waals surface area (Å²) in [5.41, 5.74) is 8.45. The number of hydrogen-bond acceptors (Lipinski definition) is 3. The van der Waals surface area contributed by atoms with Gasteiger partial charge in [0.05, 0.1) is 11.4 Å². The number of aromatic nitrogens is 1. The third-order valence-electron chi connectivity index (χ3n) is 3.16. The predicted molar refractivity (Wildman–Crippen MR) is 56.7 cm³/mol. The Labute approximate surface area is 87.9 Å². The molecule has 1 aromatic heterocycles. The quantitative estimate of drug-likeness (QED) is 0.653. The van der Waals surface area contributed by atoms with Gasteiger partial charge in [-0.25, -0.2) is 4.98 Å². The van der Waals surface area contributed by atoms with Crippen molar-refractivity contribution in [1.29, 1.82) is 0 Å². The molecule has 0 saturated carbocycles. The molecule has 0 aromatic carbocycles. The van der Waals surface area contributed by atoms with Gasteiger partial charge >= 0.3 is 0 Å². The zero-order valence-electron chi connectivity index (χ0n) is 7.83. The van der Waals surface area contributed by atoms with Crippen LogP contribution in [0.25, 0.3) is 0 Å². The molecule has 0 spiro atoms. The van der Waals surface area contributed by atoms with Gasteiger partial charge in [0.1, 0.15) is 5.15 Å². The van der Waals surface area contributed by atoms with Gasteiger partial charge in [0.2, 0.25) is 0 Å². The Kier molecular flexibility index (Phi) is 1.59. The highest BCUT2D eigenvalue weighted by Gasteiger charge is 2.40. The van der Waals surface area contributed by atoms with Crippen molar-refractivity contribution in [3.8, 4) is 0 Å². The van der Waals surface area contributed by atoms with Crippen LogP contribution in [0.1, 0.15) is 12.1 Å². The van der Waals surface area contributed by atoms with E-state index < -0.39 is 0 Å². The topological polar surface area (TPSA) is 42.1 Å². The molecule has 4 heteroatoms. The van der Waals surface area contributed by atoms with E-state index in [-0.39, 0.29) is 5.54 Å². The number of pyridine rings is 1. The van der Waals surface area contributed by atoms with Crippen LogP contribution in [0.4, 0.5) is 5.69 Å². The molecule has 3 heterocycles. The Bertz CT molecular complexity index is 393. The van der Waals surface area contributed by atoms with E-state index in [1.54, 1.807) is 0 Å². The summed E-state index contributed by atoms with van der Waals surface area (Å²) < 4.78 is 0. The summed E-state index contributed by atoms with van der Waals surface area (Å²) in [6.45, 7) is 2.01. The van der Waals surface area contributed by atoms with Crippen molar-refractivity contribution in [3.05, 3.63) is 23.0 Å². The van der Waals surface area contributed by atoms with Crippen LogP contribution in [0.15, 0.2) is 12.1 Å². The van der Waals surface area contributed by atoms with Crippen LogP contribution in [0.2, 0.25) is 5.15 Å². The SMILES string of the molecule is NC12CCN(C1)c1ccc(Cl)nc1C2. The highest BCUT2D eigenvalue weighted by Crippen LogP contribution is 2.36. The lowest BCUT2D eigenvalue weighted by atomic mass is 9.91. The third kappa shape index (κ3) is 1.12. The number of hydrogen-bond donors (Lipinski definition) is 1. The van der Waals surface area contributed by atoms with Gasteiger partial charge in [-0.05, 0) is 18.6 Å². The molecular weight excluding hydrogens is 198 g/mol. The summed E-state index contributed by atoms with van der Waals surface area (Å²) >= 11 is 5.87. The summed E-state index contributed by atoms with van der Waals surface area (Å²) in [6.07, 6.45) is 1.92. The van der Waals surface area contributed by atoms with Gasteiger partial charge in [-0.2, -0.15) is 0 Å². The monoisotopic (exact) mass is 209 g/mol. The standard InChI is InChI=1S/C10H12ClN3/c11-9-2-1-8-7(13-9)5-10(12)3-4-14(8)6-10/h1-2H,3-6,12H2. The zero-order valence-corrected chi connectivity index (χ0v) is 8.59. The fraction of sp³-hybridized carbons (Fsp3) is 0.500. The van der Waals surface area contributed by atoms with E-state index in [4.69, 9.17) is 17.3 Å². The molecule has 2 aliphatic heterocycles. The molecule has 74 valence electrons. The molecule has 1 atom stereocenters. The molecule has 1 fully saturated rings. The minimum atomic E-state index is -0.0648. The zero-order chi connectivity index (χ0) is 9.76. The third-order valence-corrected chi connectivity index (χ3v) is 3.37. The summed E-state index contributed by atoms with van der Waals surface area (Å²) in [7, 11) is 0. The van der Waals surface area contributed by atoms with Crippen molar-refractivity contribution in [2.75, 3.05) is 18.0 Å². The van der Waals surface area contributed by atoms with E-state index in [1.165, 1.54) is 5.69 Å². The smallest absolute Gasteiger partial charge is 0.129 e. The molecule has 0 amide bonds. The number of halogens is 1. The molecular formula is C10H12ClN3. The van der Waals surface area contributed by atoms with Crippen LogP contribution in [-0.4, -0.2) is 23.6 Å². The van der Waals surface area contributed by atoms with Crippen LogP contribution in [0.3, 0.4) is 0 Å². The molecule has 14 heavy (non-hydrogen) atoms. The Morgan fingerprint density at radius 2 is 2.36 bits per heavy atom. The van der Waals surface area contributed by atoms with Crippen molar-refractivity contribution in [2.45, 2.75) is 18.4 Å². The van der Waals surface area contributed by atoms with E-state index in [1.807, 2.05) is 6.07 Å². The summed E-state index contributed by atoms with van der Waals surface area (Å²) in [5.74, 6) is 0. The molecule has 1 unspecified atom stereocenters. The second kappa shape index (κ2) is 2.61. The lowest BCUT2D eigenvalue weighted by molar-refractivity contribution is 0.456. The largest absolute Gasteiger partial charge is 0.368 e. The highest BCUT2D eigenvalue weighted by atomic mass is 35.5. The van der Waals surface area contributed by atoms with Crippen molar-refractivity contribution in [2.24, 2.45) is 5.73 Å². The normalized spacial score (nSPS) is 29.1. The molecule has 2 aliphatic rings. The van der Waals surface area contributed by atoms with Gasteiger partial charge in [-0.3, -0.25) is 0 Å². The second-order valence-electron chi connectivity index (χ2n) is 4.31. The fourth-order valence-corrected chi connectivity index (χ4v) is 2.63. The lowest BCUT2D eigenvalue weighted by Crippen LogP contribution is -2.47. The maximum absolute atomic E-state index is 6.24. The minimum Gasteiger partial charge on any atom is -0.368 e. The van der Waals surface area contributed by atoms with Crippen LogP contribution in [0.5, 0.6) is 0 Å². The molecule has 0 radical (unpaired) electrons. The maximum Gasteiger partial charge on any atom is 0.129 e. The van der Waals surface area contributed by atoms with Crippen LogP contribution in [-0.2, 0) is 6.42 Å². The number of nitrogens with two attached hydrogens (primary N) is 1. The van der Waals surface area contributed by atoms with Crippen molar-refractivity contribution < 1.29 is 0 Å². The van der Waals surface area contributed by atoms with Crippen LogP contribution >= 0.6 is 11.6 Å². The van der Waals surface area contributed by atoms with Gasteiger partial charge < -0.3 is 10.6 Å². The first-order valence-electron chi connectivity index (χ1n) is 4.86. The van der Waals surface area contributed by atoms with E-state index in [0.29, 0.717) is 5.15 Å². The van der Waals surface area contributed by atoms with Gasteiger partial charge in [0.15, 0.2) is 0 Å². The number of rotatable bonds is 0. The molecule has 1 aromatic rings. The van der Waals surface area contributed by atoms with Crippen molar-refractivity contribution in [1.82, 2.24) is 4.98 Å².